The van der Waals surface area contributed by atoms with Gasteiger partial charge in [-0.05, 0) is 36.4 Å². The van der Waals surface area contributed by atoms with Gasteiger partial charge in [-0.2, -0.15) is 24.9 Å². The molecule has 0 amide bonds. The molecule has 1 aromatic carbocycles. The molecule has 1 rings (SSSR count). The first-order valence-corrected chi connectivity index (χ1v) is 6.42. The molecule has 17 heavy (non-hydrogen) atoms. The zero-order chi connectivity index (χ0) is 13.1. The lowest BCUT2D eigenvalue weighted by atomic mass is 10.00. The van der Waals surface area contributed by atoms with Gasteiger partial charge in [0.2, 0.25) is 0 Å². The molecule has 0 heterocycles. The molecule has 0 fully saturated rings. The van der Waals surface area contributed by atoms with Gasteiger partial charge in [-0.1, -0.05) is 6.07 Å². The zero-order valence-electron chi connectivity index (χ0n) is 9.64. The third-order valence-corrected chi connectivity index (χ3v) is 3.17. The van der Waals surface area contributed by atoms with Gasteiger partial charge in [0.25, 0.3) is 0 Å². The van der Waals surface area contributed by atoms with Crippen molar-refractivity contribution in [1.82, 2.24) is 5.43 Å². The quantitative estimate of drug-likeness (QED) is 0.648. The summed E-state index contributed by atoms with van der Waals surface area (Å²) in [5, 5.41) is 0. The van der Waals surface area contributed by atoms with Gasteiger partial charge in [0.05, 0.1) is 11.6 Å². The van der Waals surface area contributed by atoms with E-state index in [1.54, 1.807) is 18.7 Å². The molecule has 3 N–H and O–H groups in total. The summed E-state index contributed by atoms with van der Waals surface area (Å²) >= 11 is 1.58. The minimum absolute atomic E-state index is 0.132. The Balaban J connectivity index is 3.04. The maximum absolute atomic E-state index is 12.5. The minimum Gasteiger partial charge on any atom is -0.271 e. The fourth-order valence-electron chi connectivity index (χ4n) is 1.64. The summed E-state index contributed by atoms with van der Waals surface area (Å²) in [6.45, 7) is 1.66. The number of hydrogen-bond donors (Lipinski definition) is 2. The highest BCUT2D eigenvalue weighted by Gasteiger charge is 2.30. The Bertz CT molecular complexity index is 379. The molecule has 1 aromatic rings. The van der Waals surface area contributed by atoms with Gasteiger partial charge in [-0.25, -0.2) is 0 Å². The summed E-state index contributed by atoms with van der Waals surface area (Å²) in [5.41, 5.74) is 3.39. The van der Waals surface area contributed by atoms with Gasteiger partial charge < -0.3 is 0 Å². The molecule has 6 heteroatoms. The highest BCUT2D eigenvalue weighted by Crippen LogP contribution is 2.31. The second-order valence-electron chi connectivity index (χ2n) is 3.74. The Kier molecular flexibility index (Phi) is 4.85. The maximum atomic E-state index is 12.5. The molecule has 0 saturated heterocycles. The molecule has 96 valence electrons. The molecular weight excluding hydrogens is 249 g/mol. The number of halogens is 3. The normalized spacial score (nSPS) is 13.8. The second-order valence-corrected chi connectivity index (χ2v) is 4.65. The third kappa shape index (κ3) is 3.62. The monoisotopic (exact) mass is 264 g/mol. The predicted octanol–water partition coefficient (Wildman–Crippen LogP) is 2.88. The van der Waals surface area contributed by atoms with Crippen LogP contribution in [0.4, 0.5) is 13.2 Å². The lowest BCUT2D eigenvalue weighted by Crippen LogP contribution is -2.30. The van der Waals surface area contributed by atoms with Crippen molar-refractivity contribution in [3.05, 3.63) is 34.9 Å². The van der Waals surface area contributed by atoms with Gasteiger partial charge >= 0.3 is 6.18 Å². The van der Waals surface area contributed by atoms with Crippen molar-refractivity contribution in [1.29, 1.82) is 0 Å². The highest BCUT2D eigenvalue weighted by atomic mass is 32.2. The van der Waals surface area contributed by atoms with Crippen LogP contribution in [0.5, 0.6) is 0 Å². The first-order chi connectivity index (χ1) is 7.90. The van der Waals surface area contributed by atoms with Crippen LogP contribution < -0.4 is 11.3 Å². The van der Waals surface area contributed by atoms with Crippen LogP contribution in [0.1, 0.15) is 22.7 Å². The molecule has 0 aliphatic heterocycles. The summed E-state index contributed by atoms with van der Waals surface area (Å²) in [5.74, 6) is 6.11. The standard InChI is InChI=1S/C11H15F3N2S/c1-7-5-8(11(12,13)14)3-4-9(7)10(16-15)6-17-2/h3-5,10,16H,6,15H2,1-2H3. The fourth-order valence-corrected chi connectivity index (χ4v) is 2.25. The van der Waals surface area contributed by atoms with Crippen molar-refractivity contribution >= 4 is 11.8 Å². The number of hydrazine groups is 1. The number of hydrogen-bond acceptors (Lipinski definition) is 3. The summed E-state index contributed by atoms with van der Waals surface area (Å²) in [6.07, 6.45) is -2.38. The average molecular weight is 264 g/mol. The molecule has 0 aliphatic rings. The second kappa shape index (κ2) is 5.75. The summed E-state index contributed by atoms with van der Waals surface area (Å²) in [7, 11) is 0. The van der Waals surface area contributed by atoms with Crippen molar-refractivity contribution in [3.8, 4) is 0 Å². The smallest absolute Gasteiger partial charge is 0.271 e. The third-order valence-electron chi connectivity index (χ3n) is 2.51. The van der Waals surface area contributed by atoms with E-state index in [0.29, 0.717) is 11.3 Å². The van der Waals surface area contributed by atoms with E-state index in [2.05, 4.69) is 5.43 Å². The lowest BCUT2D eigenvalue weighted by molar-refractivity contribution is -0.137. The Morgan fingerprint density at radius 3 is 2.47 bits per heavy atom. The number of nitrogens with one attached hydrogen (secondary N) is 1. The largest absolute Gasteiger partial charge is 0.416 e. The molecule has 0 bridgehead atoms. The molecular formula is C11H15F3N2S. The molecule has 0 aliphatic carbocycles. The van der Waals surface area contributed by atoms with Crippen LogP contribution in [0.3, 0.4) is 0 Å². The van der Waals surface area contributed by atoms with Gasteiger partial charge in [0.15, 0.2) is 0 Å². The Morgan fingerprint density at radius 1 is 1.41 bits per heavy atom. The van der Waals surface area contributed by atoms with Crippen molar-refractivity contribution in [2.75, 3.05) is 12.0 Å². The Morgan fingerprint density at radius 2 is 2.06 bits per heavy atom. The average Bonchev–Trinajstić information content (AvgIpc) is 2.25. The number of rotatable bonds is 4. The van der Waals surface area contributed by atoms with E-state index in [4.69, 9.17) is 5.84 Å². The van der Waals surface area contributed by atoms with E-state index in [1.165, 1.54) is 6.07 Å². The van der Waals surface area contributed by atoms with Crippen LogP contribution in [0.25, 0.3) is 0 Å². The van der Waals surface area contributed by atoms with Gasteiger partial charge in [0, 0.05) is 5.75 Å². The van der Waals surface area contributed by atoms with Crippen molar-refractivity contribution in [3.63, 3.8) is 0 Å². The molecule has 0 aromatic heterocycles. The van der Waals surface area contributed by atoms with Gasteiger partial charge in [-0.15, -0.1) is 0 Å². The van der Waals surface area contributed by atoms with Gasteiger partial charge in [-0.3, -0.25) is 11.3 Å². The van der Waals surface area contributed by atoms with Crippen molar-refractivity contribution in [2.45, 2.75) is 19.1 Å². The van der Waals surface area contributed by atoms with Crippen LogP contribution in [-0.4, -0.2) is 12.0 Å². The Hall–Kier alpha value is -0.720. The number of nitrogens with two attached hydrogens (primary N) is 1. The van der Waals surface area contributed by atoms with Crippen LogP contribution in [0, 0.1) is 6.92 Å². The van der Waals surface area contributed by atoms with Crippen LogP contribution in [0.2, 0.25) is 0 Å². The fraction of sp³-hybridized carbons (Fsp3) is 0.455. The summed E-state index contributed by atoms with van der Waals surface area (Å²) < 4.78 is 37.5. The van der Waals surface area contributed by atoms with Crippen molar-refractivity contribution < 1.29 is 13.2 Å². The Labute approximate surface area is 103 Å². The van der Waals surface area contributed by atoms with E-state index in [9.17, 15) is 13.2 Å². The van der Waals surface area contributed by atoms with Crippen LogP contribution >= 0.6 is 11.8 Å². The number of alkyl halides is 3. The topological polar surface area (TPSA) is 38.0 Å². The lowest BCUT2D eigenvalue weighted by Gasteiger charge is -2.18. The highest BCUT2D eigenvalue weighted by molar-refractivity contribution is 7.98. The number of benzene rings is 1. The first-order valence-electron chi connectivity index (χ1n) is 5.03. The minimum atomic E-state index is -4.30. The maximum Gasteiger partial charge on any atom is 0.416 e. The van der Waals surface area contributed by atoms with E-state index in [0.717, 1.165) is 17.7 Å². The number of aryl methyl sites for hydroxylation is 1. The van der Waals surface area contributed by atoms with Crippen LogP contribution in [-0.2, 0) is 6.18 Å². The first kappa shape index (κ1) is 14.3. The van der Waals surface area contributed by atoms with Gasteiger partial charge in [0.1, 0.15) is 0 Å². The molecule has 0 spiro atoms. The predicted molar refractivity (Wildman–Crippen MR) is 64.6 cm³/mol. The molecule has 1 atom stereocenters. The van der Waals surface area contributed by atoms with Crippen molar-refractivity contribution in [2.24, 2.45) is 5.84 Å². The summed E-state index contributed by atoms with van der Waals surface area (Å²) in [4.78, 5) is 0. The van der Waals surface area contributed by atoms with Crippen LogP contribution in [0.15, 0.2) is 18.2 Å². The molecule has 0 radical (unpaired) electrons. The zero-order valence-corrected chi connectivity index (χ0v) is 10.5. The summed E-state index contributed by atoms with van der Waals surface area (Å²) in [6, 6.07) is 3.60. The molecule has 1 unspecified atom stereocenters. The van der Waals surface area contributed by atoms with E-state index in [1.807, 2.05) is 6.26 Å². The van der Waals surface area contributed by atoms with E-state index in [-0.39, 0.29) is 6.04 Å². The SMILES string of the molecule is CSCC(NN)c1ccc(C(F)(F)F)cc1C. The molecule has 2 nitrogen and oxygen atoms in total. The van der Waals surface area contributed by atoms with E-state index < -0.39 is 11.7 Å². The number of thioether (sulfide) groups is 1. The molecule has 0 saturated carbocycles. The van der Waals surface area contributed by atoms with E-state index >= 15 is 0 Å².